The molecule has 1 aromatic heterocycles. The first-order valence-electron chi connectivity index (χ1n) is 11.2. The largest absolute Gasteiger partial charge is 0.507 e. The van der Waals surface area contributed by atoms with E-state index in [2.05, 4.69) is 15.7 Å². The molecule has 172 valence electrons. The maximum absolute atomic E-state index is 12.9. The molecule has 1 aliphatic rings. The van der Waals surface area contributed by atoms with Gasteiger partial charge in [0, 0.05) is 23.2 Å². The zero-order valence-electron chi connectivity index (χ0n) is 18.6. The molecule has 2 aromatic carbocycles. The summed E-state index contributed by atoms with van der Waals surface area (Å²) in [6, 6.07) is 13.1. The van der Waals surface area contributed by atoms with Gasteiger partial charge in [-0.1, -0.05) is 37.1 Å². The number of nitrogens with one attached hydrogen (secondary N) is 2. The third-order valence-electron chi connectivity index (χ3n) is 6.08. The molecule has 1 saturated carbocycles. The van der Waals surface area contributed by atoms with Crippen molar-refractivity contribution in [1.29, 1.82) is 0 Å². The number of anilines is 1. The number of hydrogen-bond acceptors (Lipinski definition) is 4. The van der Waals surface area contributed by atoms with Gasteiger partial charge < -0.3 is 15.7 Å². The minimum atomic E-state index is -0.356. The molecule has 1 fully saturated rings. The number of nitrogens with zero attached hydrogens (tertiary/aromatic N) is 2. The van der Waals surface area contributed by atoms with Gasteiger partial charge >= 0.3 is 6.03 Å². The molecular weight excluding hydrogens is 440 g/mol. The standard InChI is InChI=1S/C25H27ClN4O3/c1-3-15(2)27-25(33)30-22(16-7-6-8-16)14-21(29-30)19-13-17(11-12-23(19)31)28-24(32)18-9-4-5-10-20(18)26/h4-5,9-16,31H,3,6-8H2,1-2H3,(H,27,33)(H,28,32). The molecule has 0 spiro atoms. The predicted octanol–water partition coefficient (Wildman–Crippen LogP) is 5.79. The monoisotopic (exact) mass is 466 g/mol. The lowest BCUT2D eigenvalue weighted by atomic mass is 9.82. The second-order valence-corrected chi connectivity index (χ2v) is 8.83. The summed E-state index contributed by atoms with van der Waals surface area (Å²) in [5.74, 6) is -0.0806. The van der Waals surface area contributed by atoms with Crippen LogP contribution in [0, 0.1) is 0 Å². The Kier molecular flexibility index (Phi) is 6.70. The third-order valence-corrected chi connectivity index (χ3v) is 6.41. The molecule has 1 atom stereocenters. The Morgan fingerprint density at radius 2 is 1.97 bits per heavy atom. The van der Waals surface area contributed by atoms with Crippen LogP contribution in [-0.4, -0.2) is 32.9 Å². The molecule has 33 heavy (non-hydrogen) atoms. The third kappa shape index (κ3) is 4.88. The topological polar surface area (TPSA) is 96.3 Å². The van der Waals surface area contributed by atoms with Gasteiger partial charge in [-0.25, -0.2) is 4.79 Å². The highest BCUT2D eigenvalue weighted by Gasteiger charge is 2.28. The van der Waals surface area contributed by atoms with Crippen LogP contribution in [0.3, 0.4) is 0 Å². The van der Waals surface area contributed by atoms with Crippen LogP contribution in [0.15, 0.2) is 48.5 Å². The van der Waals surface area contributed by atoms with Crippen LogP contribution in [0.4, 0.5) is 10.5 Å². The van der Waals surface area contributed by atoms with Gasteiger partial charge in [-0.2, -0.15) is 9.78 Å². The van der Waals surface area contributed by atoms with Gasteiger partial charge in [0.2, 0.25) is 0 Å². The second-order valence-electron chi connectivity index (χ2n) is 8.42. The fraction of sp³-hybridized carbons (Fsp3) is 0.320. The summed E-state index contributed by atoms with van der Waals surface area (Å²) in [4.78, 5) is 25.5. The zero-order chi connectivity index (χ0) is 23.5. The summed E-state index contributed by atoms with van der Waals surface area (Å²) in [7, 11) is 0. The molecule has 1 aliphatic carbocycles. The Morgan fingerprint density at radius 3 is 2.64 bits per heavy atom. The molecule has 2 amide bonds. The van der Waals surface area contributed by atoms with Crippen molar-refractivity contribution < 1.29 is 14.7 Å². The van der Waals surface area contributed by atoms with E-state index < -0.39 is 0 Å². The number of carbonyl (C=O) groups excluding carboxylic acids is 2. The van der Waals surface area contributed by atoms with Gasteiger partial charge in [0.15, 0.2) is 0 Å². The first-order chi connectivity index (χ1) is 15.9. The lowest BCUT2D eigenvalue weighted by Crippen LogP contribution is -2.37. The minimum absolute atomic E-state index is 0.0119. The van der Waals surface area contributed by atoms with Crippen molar-refractivity contribution >= 4 is 29.2 Å². The van der Waals surface area contributed by atoms with Gasteiger partial charge in [-0.05, 0) is 62.6 Å². The molecule has 0 bridgehead atoms. The van der Waals surface area contributed by atoms with E-state index in [0.717, 1.165) is 31.4 Å². The number of aromatic hydroxyl groups is 1. The highest BCUT2D eigenvalue weighted by atomic mass is 35.5. The minimum Gasteiger partial charge on any atom is -0.507 e. The van der Waals surface area contributed by atoms with E-state index in [1.54, 1.807) is 36.4 Å². The molecule has 1 unspecified atom stereocenters. The first-order valence-corrected chi connectivity index (χ1v) is 11.5. The number of amides is 2. The van der Waals surface area contributed by atoms with Crippen LogP contribution in [0.2, 0.25) is 5.02 Å². The molecule has 8 heteroatoms. The SMILES string of the molecule is CCC(C)NC(=O)n1nc(-c2cc(NC(=O)c3ccccc3Cl)ccc2O)cc1C1CCC1. The molecule has 0 saturated heterocycles. The second kappa shape index (κ2) is 9.67. The van der Waals surface area contributed by atoms with Gasteiger partial charge in [0.05, 0.1) is 22.0 Å². The molecule has 4 rings (SSSR count). The van der Waals surface area contributed by atoms with E-state index in [1.165, 1.54) is 10.7 Å². The van der Waals surface area contributed by atoms with Crippen molar-refractivity contribution in [1.82, 2.24) is 15.1 Å². The Hall–Kier alpha value is -3.32. The number of phenols is 1. The van der Waals surface area contributed by atoms with Gasteiger partial charge in [0.25, 0.3) is 5.91 Å². The van der Waals surface area contributed by atoms with E-state index in [0.29, 0.717) is 27.5 Å². The van der Waals surface area contributed by atoms with Gasteiger partial charge in [-0.3, -0.25) is 4.79 Å². The zero-order valence-corrected chi connectivity index (χ0v) is 19.4. The Morgan fingerprint density at radius 1 is 1.21 bits per heavy atom. The summed E-state index contributed by atoms with van der Waals surface area (Å²) in [5.41, 5.74) is 2.58. The van der Waals surface area contributed by atoms with Crippen molar-refractivity contribution in [2.75, 3.05) is 5.32 Å². The lowest BCUT2D eigenvalue weighted by molar-refractivity contribution is 0.102. The molecule has 3 aromatic rings. The lowest BCUT2D eigenvalue weighted by Gasteiger charge is -2.25. The quantitative estimate of drug-likeness (QED) is 0.401. The van der Waals surface area contributed by atoms with E-state index in [-0.39, 0.29) is 29.6 Å². The predicted molar refractivity (Wildman–Crippen MR) is 129 cm³/mol. The number of benzene rings is 2. The number of rotatable bonds is 6. The summed E-state index contributed by atoms with van der Waals surface area (Å²) in [5, 5.41) is 21.2. The normalized spacial score (nSPS) is 14.4. The summed E-state index contributed by atoms with van der Waals surface area (Å²) in [6.45, 7) is 3.95. The maximum atomic E-state index is 12.9. The van der Waals surface area contributed by atoms with E-state index in [9.17, 15) is 14.7 Å². The van der Waals surface area contributed by atoms with Crippen molar-refractivity contribution in [2.24, 2.45) is 0 Å². The average molecular weight is 467 g/mol. The number of aromatic nitrogens is 2. The molecule has 1 heterocycles. The van der Waals surface area contributed by atoms with Crippen LogP contribution >= 0.6 is 11.6 Å². The van der Waals surface area contributed by atoms with E-state index >= 15 is 0 Å². The average Bonchev–Trinajstić information content (AvgIpc) is 3.18. The summed E-state index contributed by atoms with van der Waals surface area (Å²) < 4.78 is 1.42. The van der Waals surface area contributed by atoms with Crippen LogP contribution in [0.1, 0.15) is 61.5 Å². The van der Waals surface area contributed by atoms with Gasteiger partial charge in [0.1, 0.15) is 5.75 Å². The van der Waals surface area contributed by atoms with Crippen molar-refractivity contribution in [3.05, 3.63) is 64.8 Å². The van der Waals surface area contributed by atoms with Crippen molar-refractivity contribution in [2.45, 2.75) is 51.5 Å². The number of hydrogen-bond donors (Lipinski definition) is 3. The molecule has 3 N–H and O–H groups in total. The summed E-state index contributed by atoms with van der Waals surface area (Å²) in [6.07, 6.45) is 3.93. The smallest absolute Gasteiger partial charge is 0.342 e. The highest BCUT2D eigenvalue weighted by molar-refractivity contribution is 6.34. The fourth-order valence-electron chi connectivity index (χ4n) is 3.72. The van der Waals surface area contributed by atoms with Crippen LogP contribution < -0.4 is 10.6 Å². The van der Waals surface area contributed by atoms with E-state index in [1.807, 2.05) is 19.9 Å². The first kappa shape index (κ1) is 22.9. The Labute approximate surface area is 197 Å². The van der Waals surface area contributed by atoms with Crippen LogP contribution in [0.5, 0.6) is 5.75 Å². The summed E-state index contributed by atoms with van der Waals surface area (Å²) >= 11 is 6.13. The highest BCUT2D eigenvalue weighted by Crippen LogP contribution is 2.39. The van der Waals surface area contributed by atoms with Crippen molar-refractivity contribution in [3.8, 4) is 17.0 Å². The van der Waals surface area contributed by atoms with Crippen LogP contribution in [0.25, 0.3) is 11.3 Å². The number of halogens is 1. The Bertz CT molecular complexity index is 1190. The molecule has 7 nitrogen and oxygen atoms in total. The fourth-order valence-corrected chi connectivity index (χ4v) is 3.94. The number of phenolic OH excluding ortho intramolecular Hbond substituents is 1. The molecular formula is C25H27ClN4O3. The molecule has 0 aliphatic heterocycles. The maximum Gasteiger partial charge on any atom is 0.342 e. The number of carbonyl (C=O) groups is 2. The molecule has 0 radical (unpaired) electrons. The van der Waals surface area contributed by atoms with E-state index in [4.69, 9.17) is 11.6 Å². The van der Waals surface area contributed by atoms with Crippen LogP contribution in [-0.2, 0) is 0 Å². The Balaban J connectivity index is 1.65. The van der Waals surface area contributed by atoms with Crippen molar-refractivity contribution in [3.63, 3.8) is 0 Å². The van der Waals surface area contributed by atoms with Gasteiger partial charge in [-0.15, -0.1) is 0 Å².